The van der Waals surface area contributed by atoms with E-state index in [0.29, 0.717) is 16.7 Å². The molecule has 1 heterocycles. The Labute approximate surface area is 177 Å². The van der Waals surface area contributed by atoms with Crippen molar-refractivity contribution < 1.29 is 19.1 Å². The van der Waals surface area contributed by atoms with E-state index in [0.717, 1.165) is 16.7 Å². The molecule has 0 fully saturated rings. The molecule has 3 aromatic rings. The fraction of sp³-hybridized carbons (Fsp3) is 0.136. The molecule has 0 saturated heterocycles. The number of carbonyl (C=O) groups is 2. The van der Waals surface area contributed by atoms with Gasteiger partial charge in [0.1, 0.15) is 5.82 Å². The van der Waals surface area contributed by atoms with Gasteiger partial charge < -0.3 is 15.7 Å². The van der Waals surface area contributed by atoms with Crippen LogP contribution in [0.25, 0.3) is 11.1 Å². The Balaban J connectivity index is 1.88. The van der Waals surface area contributed by atoms with Crippen molar-refractivity contribution in [2.45, 2.75) is 20.0 Å². The maximum atomic E-state index is 13.5. The van der Waals surface area contributed by atoms with Crippen LogP contribution in [0, 0.1) is 12.7 Å². The number of carbonyl (C=O) groups excluding carboxylic acids is 1. The minimum absolute atomic E-state index is 0.0439. The van der Waals surface area contributed by atoms with Crippen molar-refractivity contribution in [1.82, 2.24) is 15.6 Å². The molecule has 0 aliphatic rings. The highest BCUT2D eigenvalue weighted by atomic mass is 35.5. The molecule has 0 spiro atoms. The number of hydrogen-bond donors (Lipinski definition) is 3. The van der Waals surface area contributed by atoms with Crippen LogP contribution >= 0.6 is 11.6 Å². The van der Waals surface area contributed by atoms with Crippen LogP contribution < -0.4 is 10.6 Å². The topological polar surface area (TPSA) is 91.3 Å². The molecule has 0 unspecified atom stereocenters. The number of halogens is 2. The van der Waals surface area contributed by atoms with E-state index >= 15 is 0 Å². The summed E-state index contributed by atoms with van der Waals surface area (Å²) >= 11 is 5.85. The number of rotatable bonds is 6. The van der Waals surface area contributed by atoms with Crippen molar-refractivity contribution >= 4 is 23.6 Å². The third kappa shape index (κ3) is 5.55. The fourth-order valence-electron chi connectivity index (χ4n) is 3.02. The zero-order valence-corrected chi connectivity index (χ0v) is 16.8. The van der Waals surface area contributed by atoms with Crippen molar-refractivity contribution in [2.75, 3.05) is 0 Å². The van der Waals surface area contributed by atoms with Gasteiger partial charge in [0.15, 0.2) is 0 Å². The van der Waals surface area contributed by atoms with Crippen molar-refractivity contribution in [2.24, 2.45) is 0 Å². The zero-order valence-electron chi connectivity index (χ0n) is 16.1. The van der Waals surface area contributed by atoms with Gasteiger partial charge in [-0.25, -0.2) is 9.18 Å². The number of nitrogens with one attached hydrogen (secondary N) is 2. The molecule has 0 radical (unpaired) electrons. The lowest BCUT2D eigenvalue weighted by atomic mass is 9.97. The van der Waals surface area contributed by atoms with E-state index in [1.54, 1.807) is 30.6 Å². The minimum Gasteiger partial charge on any atom is -0.465 e. The number of pyridine rings is 1. The summed E-state index contributed by atoms with van der Waals surface area (Å²) in [6, 6.07) is 11.0. The van der Waals surface area contributed by atoms with E-state index in [1.165, 1.54) is 12.1 Å². The molecule has 0 aliphatic heterocycles. The largest absolute Gasteiger partial charge is 0.465 e. The lowest BCUT2D eigenvalue weighted by Crippen LogP contribution is -2.24. The van der Waals surface area contributed by atoms with E-state index in [1.807, 2.05) is 19.1 Å². The molecule has 0 bridgehead atoms. The summed E-state index contributed by atoms with van der Waals surface area (Å²) in [7, 11) is 0. The normalized spacial score (nSPS) is 10.5. The predicted molar refractivity (Wildman–Crippen MR) is 112 cm³/mol. The number of benzene rings is 2. The van der Waals surface area contributed by atoms with E-state index in [4.69, 9.17) is 16.7 Å². The van der Waals surface area contributed by atoms with Gasteiger partial charge in [0, 0.05) is 41.6 Å². The van der Waals surface area contributed by atoms with Crippen molar-refractivity contribution in [1.29, 1.82) is 0 Å². The van der Waals surface area contributed by atoms with Gasteiger partial charge >= 0.3 is 6.09 Å². The molecular formula is C22H19ClFN3O3. The van der Waals surface area contributed by atoms with Gasteiger partial charge in [-0.3, -0.25) is 9.78 Å². The molecule has 3 rings (SSSR count). The molecule has 30 heavy (non-hydrogen) atoms. The minimum atomic E-state index is -1.16. The first-order valence-electron chi connectivity index (χ1n) is 9.07. The Morgan fingerprint density at radius 1 is 1.07 bits per heavy atom. The van der Waals surface area contributed by atoms with Crippen LogP contribution in [0.4, 0.5) is 9.18 Å². The standard InChI is InChI=1S/C22H19ClFN3O3/c1-13-2-3-25-12-20(13)16-4-14(11-27-22(29)30)5-17(8-16)21(28)26-10-15-6-18(23)9-19(24)7-15/h2-9,12,27H,10-11H2,1H3,(H,26,28)(H,29,30). The Morgan fingerprint density at radius 2 is 1.80 bits per heavy atom. The third-order valence-corrected chi connectivity index (χ3v) is 4.64. The van der Waals surface area contributed by atoms with Gasteiger partial charge in [0.05, 0.1) is 0 Å². The fourth-order valence-corrected chi connectivity index (χ4v) is 3.27. The molecule has 2 amide bonds. The first-order valence-corrected chi connectivity index (χ1v) is 9.44. The summed E-state index contributed by atoms with van der Waals surface area (Å²) < 4.78 is 13.5. The second-order valence-corrected chi connectivity index (χ2v) is 7.16. The molecule has 154 valence electrons. The molecule has 0 saturated carbocycles. The number of hydrogen-bond acceptors (Lipinski definition) is 3. The van der Waals surface area contributed by atoms with E-state index < -0.39 is 11.9 Å². The number of amides is 2. The van der Waals surface area contributed by atoms with E-state index in [2.05, 4.69) is 15.6 Å². The zero-order chi connectivity index (χ0) is 21.7. The van der Waals surface area contributed by atoms with E-state index in [9.17, 15) is 14.0 Å². The van der Waals surface area contributed by atoms with Gasteiger partial charge in [-0.15, -0.1) is 0 Å². The number of carboxylic acid groups (broad SMARTS) is 1. The van der Waals surface area contributed by atoms with Gasteiger partial charge in [-0.2, -0.15) is 0 Å². The summed E-state index contributed by atoms with van der Waals surface area (Å²) in [5.74, 6) is -0.863. The van der Waals surface area contributed by atoms with Crippen molar-refractivity contribution in [3.63, 3.8) is 0 Å². The van der Waals surface area contributed by atoms with Gasteiger partial charge in [-0.05, 0) is 71.6 Å². The molecule has 0 aliphatic carbocycles. The maximum absolute atomic E-state index is 13.5. The highest BCUT2D eigenvalue weighted by molar-refractivity contribution is 6.30. The summed E-state index contributed by atoms with van der Waals surface area (Å²) in [4.78, 5) is 27.8. The van der Waals surface area contributed by atoms with Crippen molar-refractivity contribution in [3.05, 3.63) is 88.0 Å². The van der Waals surface area contributed by atoms with Gasteiger partial charge in [-0.1, -0.05) is 11.6 Å². The van der Waals surface area contributed by atoms with Crippen LogP contribution in [-0.4, -0.2) is 22.1 Å². The molecule has 3 N–H and O–H groups in total. The average Bonchev–Trinajstić information content (AvgIpc) is 2.70. The van der Waals surface area contributed by atoms with Crippen LogP contribution in [0.15, 0.2) is 54.9 Å². The first-order chi connectivity index (χ1) is 14.3. The van der Waals surface area contributed by atoms with Gasteiger partial charge in [0.25, 0.3) is 5.91 Å². The Morgan fingerprint density at radius 3 is 2.50 bits per heavy atom. The smallest absolute Gasteiger partial charge is 0.404 e. The number of aryl methyl sites for hydroxylation is 1. The third-order valence-electron chi connectivity index (χ3n) is 4.42. The Hall–Kier alpha value is -3.45. The summed E-state index contributed by atoms with van der Waals surface area (Å²) in [5, 5.41) is 14.2. The highest BCUT2D eigenvalue weighted by Gasteiger charge is 2.12. The van der Waals surface area contributed by atoms with Gasteiger partial charge in [0.2, 0.25) is 0 Å². The van der Waals surface area contributed by atoms with Crippen LogP contribution in [0.1, 0.15) is 27.0 Å². The predicted octanol–water partition coefficient (Wildman–Crippen LogP) is 4.55. The lowest BCUT2D eigenvalue weighted by Gasteiger charge is -2.12. The molecular weight excluding hydrogens is 409 g/mol. The quantitative estimate of drug-likeness (QED) is 0.538. The average molecular weight is 428 g/mol. The van der Waals surface area contributed by atoms with Crippen LogP contribution in [0.5, 0.6) is 0 Å². The van der Waals surface area contributed by atoms with Crippen LogP contribution in [-0.2, 0) is 13.1 Å². The Kier molecular flexibility index (Phi) is 6.64. The summed E-state index contributed by atoms with van der Waals surface area (Å²) in [6.07, 6.45) is 2.20. The molecule has 6 nitrogen and oxygen atoms in total. The maximum Gasteiger partial charge on any atom is 0.404 e. The molecule has 1 aromatic heterocycles. The summed E-state index contributed by atoms with van der Waals surface area (Å²) in [6.45, 7) is 2.06. The highest BCUT2D eigenvalue weighted by Crippen LogP contribution is 2.25. The molecule has 0 atom stereocenters. The first kappa shape index (κ1) is 21.3. The van der Waals surface area contributed by atoms with Crippen LogP contribution in [0.2, 0.25) is 5.02 Å². The number of aromatic nitrogens is 1. The van der Waals surface area contributed by atoms with Crippen molar-refractivity contribution in [3.8, 4) is 11.1 Å². The molecule has 2 aromatic carbocycles. The lowest BCUT2D eigenvalue weighted by molar-refractivity contribution is 0.0950. The second-order valence-electron chi connectivity index (χ2n) is 6.73. The summed E-state index contributed by atoms with van der Waals surface area (Å²) in [5.41, 5.74) is 4.04. The molecule has 8 heteroatoms. The monoisotopic (exact) mass is 427 g/mol. The second kappa shape index (κ2) is 9.37. The van der Waals surface area contributed by atoms with Crippen LogP contribution in [0.3, 0.4) is 0 Å². The SMILES string of the molecule is Cc1ccncc1-c1cc(CNC(=O)O)cc(C(=O)NCc2cc(F)cc(Cl)c2)c1. The number of nitrogens with zero attached hydrogens (tertiary/aromatic N) is 1. The Bertz CT molecular complexity index is 1080. The van der Waals surface area contributed by atoms with E-state index in [-0.39, 0.29) is 24.0 Å².